The predicted molar refractivity (Wildman–Crippen MR) is 186 cm³/mol. The first-order valence-electron chi connectivity index (χ1n) is 16.6. The zero-order valence-corrected chi connectivity index (χ0v) is 30.1. The Morgan fingerprint density at radius 1 is 1.02 bits per heavy atom. The van der Waals surface area contributed by atoms with Crippen molar-refractivity contribution >= 4 is 56.0 Å². The van der Waals surface area contributed by atoms with Gasteiger partial charge in [-0.25, -0.2) is 9.28 Å². The van der Waals surface area contributed by atoms with Gasteiger partial charge in [0.25, 0.3) is 0 Å². The average Bonchev–Trinajstić information content (AvgIpc) is 3.23. The Kier molecular flexibility index (Phi) is 10.3. The number of likely N-dealkylation sites (N-methyl/N-ethyl adjacent to an activating group) is 1. The number of hydrogen-bond acceptors (Lipinski definition) is 7. The Bertz CT molecular complexity index is 1470. The number of fused-ring (bicyclic) bond motifs is 1. The normalized spacial score (nSPS) is 28.4. The van der Waals surface area contributed by atoms with Crippen LogP contribution in [0.25, 0.3) is 0 Å². The largest absolute Gasteiger partial charge is 0.515 e. The maximum absolute atomic E-state index is 13.8. The summed E-state index contributed by atoms with van der Waals surface area (Å²) in [5.41, 5.74) is 1.52. The van der Waals surface area contributed by atoms with Gasteiger partial charge in [0.05, 0.1) is 21.9 Å². The third kappa shape index (κ3) is 6.59. The molecule has 4 aliphatic heterocycles. The monoisotopic (exact) mass is 775 g/mol. The van der Waals surface area contributed by atoms with E-state index >= 15 is 0 Å². The summed E-state index contributed by atoms with van der Waals surface area (Å²) in [5.74, 6) is 0.0487. The summed E-state index contributed by atoms with van der Waals surface area (Å²) in [7, 11) is 2.15. The summed E-state index contributed by atoms with van der Waals surface area (Å²) in [4.78, 5) is 49.3. The van der Waals surface area contributed by atoms with E-state index in [1.54, 1.807) is 12.1 Å². The standard InChI is InChI=1S/C34H44Br2N6O5/c1-38-14-16-39(17-15-38)26-7-11-40(12-8-26)34(10-19-43)22-27(41-13-6-25-4-2-3-5-30(25)37-32(41)45)9-18-42(34,33(46)47)23-24-20-28(35)31(44)29(36)21-24/h2-5,19-21,26-27H,6-18,22-23H2,1H3,(H2-,37,44,45,46,47)/p+1/t27?,34?,42-/m0/s1. The number of phenols is 1. The average molecular weight is 778 g/mol. The van der Waals surface area contributed by atoms with Gasteiger partial charge in [0.1, 0.15) is 18.6 Å². The SMILES string of the molecule is CN1CCN(C2CCN(C3(CC=O)CC(N4CCc5ccccc5NC4=O)CC[N@+]3(Cc3cc(Br)c(O)c(Br)c3)C(=O)O)CC2)CC1. The second-order valence-corrected chi connectivity index (χ2v) is 15.3. The Hall–Kier alpha value is -2.55. The Morgan fingerprint density at radius 3 is 2.36 bits per heavy atom. The zero-order valence-electron chi connectivity index (χ0n) is 26.9. The number of hydrogen-bond donors (Lipinski definition) is 3. The molecular weight excluding hydrogens is 732 g/mol. The molecule has 6 rings (SSSR count). The lowest BCUT2D eigenvalue weighted by Crippen LogP contribution is -2.78. The minimum atomic E-state index is -1.08. The van der Waals surface area contributed by atoms with Gasteiger partial charge < -0.3 is 30.1 Å². The van der Waals surface area contributed by atoms with Gasteiger partial charge in [-0.1, -0.05) is 18.2 Å². The number of carbonyl (C=O) groups excluding carboxylic acids is 2. The van der Waals surface area contributed by atoms with E-state index in [1.807, 2.05) is 29.2 Å². The van der Waals surface area contributed by atoms with Crippen LogP contribution in [0.2, 0.25) is 0 Å². The lowest BCUT2D eigenvalue weighted by Gasteiger charge is -2.59. The lowest BCUT2D eigenvalue weighted by molar-refractivity contribution is -0.942. The van der Waals surface area contributed by atoms with Gasteiger partial charge in [-0.05, 0) is 81.9 Å². The van der Waals surface area contributed by atoms with Crippen LogP contribution in [0.1, 0.15) is 43.2 Å². The molecule has 3 atom stereocenters. The van der Waals surface area contributed by atoms with Gasteiger partial charge in [0.2, 0.25) is 0 Å². The van der Waals surface area contributed by atoms with Crippen molar-refractivity contribution in [3.05, 3.63) is 56.5 Å². The van der Waals surface area contributed by atoms with Crippen LogP contribution < -0.4 is 5.32 Å². The number of para-hydroxylation sites is 1. The van der Waals surface area contributed by atoms with E-state index in [9.17, 15) is 24.6 Å². The third-order valence-corrected chi connectivity index (χ3v) is 12.4. The number of rotatable bonds is 7. The van der Waals surface area contributed by atoms with Gasteiger partial charge in [-0.3, -0.25) is 9.80 Å². The van der Waals surface area contributed by atoms with Crippen molar-refractivity contribution in [2.45, 2.75) is 62.8 Å². The molecule has 0 bridgehead atoms. The second-order valence-electron chi connectivity index (χ2n) is 13.6. The van der Waals surface area contributed by atoms with Crippen molar-refractivity contribution in [3.63, 3.8) is 0 Å². The number of nitrogens with zero attached hydrogens (tertiary/aromatic N) is 5. The molecule has 11 nitrogen and oxygen atoms in total. The molecule has 254 valence electrons. The van der Waals surface area contributed by atoms with Crippen molar-refractivity contribution in [2.24, 2.45) is 0 Å². The highest BCUT2D eigenvalue weighted by Crippen LogP contribution is 2.46. The van der Waals surface area contributed by atoms with E-state index in [1.165, 1.54) is 0 Å². The number of carbonyl (C=O) groups is 3. The Morgan fingerprint density at radius 2 is 1.70 bits per heavy atom. The van der Waals surface area contributed by atoms with Crippen molar-refractivity contribution in [1.29, 1.82) is 0 Å². The van der Waals surface area contributed by atoms with Gasteiger partial charge in [0.15, 0.2) is 5.66 Å². The van der Waals surface area contributed by atoms with Crippen LogP contribution >= 0.6 is 31.9 Å². The summed E-state index contributed by atoms with van der Waals surface area (Å²) in [6.45, 7) is 6.36. The molecule has 0 aliphatic carbocycles. The second kappa shape index (κ2) is 14.1. The highest BCUT2D eigenvalue weighted by atomic mass is 79.9. The van der Waals surface area contributed by atoms with Crippen molar-refractivity contribution < 1.29 is 29.1 Å². The molecule has 13 heteroatoms. The summed E-state index contributed by atoms with van der Waals surface area (Å²) in [6.07, 6.45) is 3.25. The number of likely N-dealkylation sites (tertiary alicyclic amines) is 2. The van der Waals surface area contributed by atoms with E-state index in [0.29, 0.717) is 53.9 Å². The number of piperidine rings is 2. The number of carboxylic acid groups (broad SMARTS) is 1. The molecule has 2 unspecified atom stereocenters. The first kappa shape index (κ1) is 34.3. The molecule has 4 heterocycles. The Labute approximate surface area is 293 Å². The van der Waals surface area contributed by atoms with Crippen LogP contribution in [0.15, 0.2) is 45.3 Å². The lowest BCUT2D eigenvalue weighted by atomic mass is 9.81. The summed E-state index contributed by atoms with van der Waals surface area (Å²) < 4.78 is 0.589. The van der Waals surface area contributed by atoms with E-state index in [2.05, 4.69) is 58.9 Å². The minimum absolute atomic E-state index is 0.0328. The molecule has 3 fully saturated rings. The molecule has 0 spiro atoms. The molecule has 2 aromatic rings. The minimum Gasteiger partial charge on any atom is -0.506 e. The number of aromatic hydroxyl groups is 1. The smallest absolute Gasteiger partial charge is 0.506 e. The van der Waals surface area contributed by atoms with Crippen LogP contribution in [0, 0.1) is 0 Å². The van der Waals surface area contributed by atoms with Crippen molar-refractivity contribution in [3.8, 4) is 5.75 Å². The van der Waals surface area contributed by atoms with Gasteiger partial charge in [-0.15, -0.1) is 0 Å². The number of amides is 3. The highest BCUT2D eigenvalue weighted by molar-refractivity contribution is 9.11. The number of nitrogens with one attached hydrogen (secondary N) is 1. The molecule has 3 amide bonds. The number of urea groups is 1. The molecule has 4 aliphatic rings. The third-order valence-electron chi connectivity index (χ3n) is 11.2. The fraction of sp³-hybridized carbons (Fsp3) is 0.559. The molecule has 2 aromatic carbocycles. The number of halogens is 2. The maximum Gasteiger partial charge on any atom is 0.515 e. The zero-order chi connectivity index (χ0) is 33.3. The van der Waals surface area contributed by atoms with Gasteiger partial charge in [-0.2, -0.15) is 4.79 Å². The maximum atomic E-state index is 13.8. The Balaban J connectivity index is 1.36. The van der Waals surface area contributed by atoms with Crippen molar-refractivity contribution in [2.75, 3.05) is 64.7 Å². The molecule has 0 aromatic heterocycles. The number of anilines is 1. The molecular formula is C34H45Br2N6O5+. The quantitative estimate of drug-likeness (QED) is 0.261. The molecule has 3 N–H and O–H groups in total. The fourth-order valence-electron chi connectivity index (χ4n) is 8.58. The van der Waals surface area contributed by atoms with Crippen LogP contribution in [-0.4, -0.2) is 130 Å². The van der Waals surface area contributed by atoms with Crippen LogP contribution in [0.4, 0.5) is 15.3 Å². The van der Waals surface area contributed by atoms with Crippen molar-refractivity contribution in [1.82, 2.24) is 19.6 Å². The van der Waals surface area contributed by atoms with E-state index in [4.69, 9.17) is 0 Å². The predicted octanol–water partition coefficient (Wildman–Crippen LogP) is 5.16. The summed E-state index contributed by atoms with van der Waals surface area (Å²) in [6, 6.07) is 11.3. The summed E-state index contributed by atoms with van der Waals surface area (Å²) in [5, 5.41) is 24.8. The molecule has 3 saturated heterocycles. The van der Waals surface area contributed by atoms with Gasteiger partial charge >= 0.3 is 12.1 Å². The summed E-state index contributed by atoms with van der Waals surface area (Å²) >= 11 is 6.86. The van der Waals surface area contributed by atoms with Crippen LogP contribution in [-0.2, 0) is 17.8 Å². The van der Waals surface area contributed by atoms with E-state index in [-0.39, 0.29) is 41.8 Å². The molecule has 0 saturated carbocycles. The number of phenolic OH excluding ortho intramolecular Hbond substituents is 1. The first-order valence-corrected chi connectivity index (χ1v) is 18.2. The van der Waals surface area contributed by atoms with Crippen LogP contribution in [0.3, 0.4) is 0 Å². The molecule has 47 heavy (non-hydrogen) atoms. The first-order chi connectivity index (χ1) is 22.6. The fourth-order valence-corrected chi connectivity index (χ4v) is 9.86. The number of benzene rings is 2. The molecule has 0 radical (unpaired) electrons. The highest BCUT2D eigenvalue weighted by Gasteiger charge is 2.64. The number of quaternary nitrogens is 1. The number of piperazine rings is 1. The van der Waals surface area contributed by atoms with Crippen LogP contribution in [0.5, 0.6) is 5.75 Å². The van der Waals surface area contributed by atoms with E-state index in [0.717, 1.165) is 62.1 Å². The number of aldehydes is 1. The van der Waals surface area contributed by atoms with E-state index < -0.39 is 11.8 Å². The topological polar surface area (TPSA) is 117 Å². The van der Waals surface area contributed by atoms with Gasteiger partial charge in [0, 0.05) is 82.0 Å².